The molecule has 0 aliphatic carbocycles. The number of fused-ring (bicyclic) bond motifs is 4. The van der Waals surface area contributed by atoms with Crippen molar-refractivity contribution in [3.63, 3.8) is 0 Å². The topological polar surface area (TPSA) is 106 Å². The molecule has 214 valence electrons. The van der Waals surface area contributed by atoms with Crippen molar-refractivity contribution < 1.29 is 19.1 Å². The van der Waals surface area contributed by atoms with Gasteiger partial charge in [0.15, 0.2) is 0 Å². The van der Waals surface area contributed by atoms with E-state index >= 15 is 0 Å². The number of carbonyl (C=O) groups is 2. The molecule has 2 aromatic carbocycles. The molecule has 0 aromatic heterocycles. The van der Waals surface area contributed by atoms with Crippen LogP contribution in [0.2, 0.25) is 0 Å². The molecule has 0 fully saturated rings. The van der Waals surface area contributed by atoms with Gasteiger partial charge in [-0.1, -0.05) is 39.0 Å². The minimum atomic E-state index is -0.931. The molecule has 3 N–H and O–H groups in total. The van der Waals surface area contributed by atoms with Crippen molar-refractivity contribution in [3.05, 3.63) is 64.7 Å². The number of nitrogens with two attached hydrogens (primary N) is 1. The second-order valence-corrected chi connectivity index (χ2v) is 12.9. The molecule has 4 aliphatic heterocycles. The van der Waals surface area contributed by atoms with E-state index in [1.165, 1.54) is 4.90 Å². The van der Waals surface area contributed by atoms with Crippen LogP contribution >= 0.6 is 8.07 Å². The van der Waals surface area contributed by atoms with E-state index in [0.717, 1.165) is 23.3 Å². The van der Waals surface area contributed by atoms with Crippen LogP contribution in [0.3, 0.4) is 0 Å². The van der Waals surface area contributed by atoms with E-state index in [-0.39, 0.29) is 36.0 Å². The summed E-state index contributed by atoms with van der Waals surface area (Å²) in [4.78, 5) is 28.2. The SMILES string of the molecule is CC.CCOc1ccc2cc1CN1C(=O)CP(N=C1N)C(C)C/C=C/c1ccc3c(c1)C(CC(C)(C)O3)NC2=O. The highest BCUT2D eigenvalue weighted by Gasteiger charge is 2.35. The number of allylic oxidation sites excluding steroid dienone is 1. The molecule has 0 spiro atoms. The number of carbonyl (C=O) groups excluding carboxylic acids is 2. The molecule has 4 aliphatic rings. The molecule has 3 unspecified atom stereocenters. The average Bonchev–Trinajstić information content (AvgIpc) is 2.91. The molecule has 3 atom stereocenters. The van der Waals surface area contributed by atoms with Crippen LogP contribution in [-0.4, -0.2) is 46.7 Å². The van der Waals surface area contributed by atoms with E-state index in [4.69, 9.17) is 20.0 Å². The van der Waals surface area contributed by atoms with Crippen molar-refractivity contribution in [1.29, 1.82) is 0 Å². The first-order valence-electron chi connectivity index (χ1n) is 14.1. The summed E-state index contributed by atoms with van der Waals surface area (Å²) in [6, 6.07) is 11.2. The van der Waals surface area contributed by atoms with Gasteiger partial charge in [0.2, 0.25) is 11.9 Å². The maximum atomic E-state index is 13.5. The summed E-state index contributed by atoms with van der Waals surface area (Å²) in [6.07, 6.45) is 5.98. The molecule has 0 saturated heterocycles. The summed E-state index contributed by atoms with van der Waals surface area (Å²) >= 11 is 0. The van der Waals surface area contributed by atoms with Crippen LogP contribution in [-0.2, 0) is 11.3 Å². The van der Waals surface area contributed by atoms with Gasteiger partial charge in [-0.15, -0.1) is 0 Å². The fourth-order valence-electron chi connectivity index (χ4n) is 5.18. The molecule has 0 saturated carbocycles. The maximum Gasteiger partial charge on any atom is 0.251 e. The molecule has 40 heavy (non-hydrogen) atoms. The van der Waals surface area contributed by atoms with E-state index in [1.54, 1.807) is 18.2 Å². The van der Waals surface area contributed by atoms with Gasteiger partial charge >= 0.3 is 0 Å². The molecule has 4 heterocycles. The van der Waals surface area contributed by atoms with Gasteiger partial charge < -0.3 is 20.5 Å². The molecular formula is C31H41N4O4P. The first-order chi connectivity index (χ1) is 19.1. The highest BCUT2D eigenvalue weighted by molar-refractivity contribution is 7.58. The fourth-order valence-corrected chi connectivity index (χ4v) is 6.94. The zero-order valence-electron chi connectivity index (χ0n) is 24.4. The van der Waals surface area contributed by atoms with E-state index in [0.29, 0.717) is 36.1 Å². The van der Waals surface area contributed by atoms with Crippen molar-refractivity contribution in [3.8, 4) is 11.5 Å². The third-order valence-corrected chi connectivity index (χ3v) is 9.43. The Morgan fingerprint density at radius 2 is 1.98 bits per heavy atom. The smallest absolute Gasteiger partial charge is 0.251 e. The van der Waals surface area contributed by atoms with Gasteiger partial charge in [0, 0.05) is 36.8 Å². The number of guanidine groups is 1. The zero-order chi connectivity index (χ0) is 29.0. The lowest BCUT2D eigenvalue weighted by Crippen LogP contribution is -2.45. The van der Waals surface area contributed by atoms with Gasteiger partial charge in [-0.2, -0.15) is 0 Å². The fraction of sp³-hybridized carbons (Fsp3) is 0.452. The van der Waals surface area contributed by atoms with E-state index in [9.17, 15) is 9.59 Å². The standard InChI is InChI=1S/C29H35N4O4P.C2H6/c1-5-36-24-12-10-20-14-21(24)16-33-26(34)17-38(32-28(33)30)18(2)7-6-8-19-9-11-25-22(13-19)23(31-27(20)35)15-29(3,4)37-25;1-2/h6,8-14,18,23H,5,7,15-17H2,1-4H3,(H2,30,32)(H,31,35);1-2H3/b8-6+;. The summed E-state index contributed by atoms with van der Waals surface area (Å²) in [6.45, 7) is 12.7. The second kappa shape index (κ2) is 12.4. The quantitative estimate of drug-likeness (QED) is 0.435. The Hall–Kier alpha value is -3.38. The van der Waals surface area contributed by atoms with Gasteiger partial charge in [0.25, 0.3) is 5.91 Å². The number of benzene rings is 2. The molecule has 2 amide bonds. The minimum absolute atomic E-state index is 0.0532. The summed E-state index contributed by atoms with van der Waals surface area (Å²) < 4.78 is 16.8. The monoisotopic (exact) mass is 564 g/mol. The van der Waals surface area contributed by atoms with Gasteiger partial charge in [-0.25, -0.2) is 4.76 Å². The third kappa shape index (κ3) is 6.49. The molecule has 2 aromatic rings. The molecule has 8 nitrogen and oxygen atoms in total. The molecule has 9 heteroatoms. The first-order valence-corrected chi connectivity index (χ1v) is 15.7. The number of nitrogens with zero attached hydrogens (tertiary/aromatic N) is 2. The van der Waals surface area contributed by atoms with Gasteiger partial charge in [-0.3, -0.25) is 14.5 Å². The molecule has 6 bridgehead atoms. The lowest BCUT2D eigenvalue weighted by Gasteiger charge is -2.38. The Labute approximate surface area is 238 Å². The molecule has 0 radical (unpaired) electrons. The lowest BCUT2D eigenvalue weighted by atomic mass is 9.88. The summed E-state index contributed by atoms with van der Waals surface area (Å²) in [5.74, 6) is 1.38. The average molecular weight is 565 g/mol. The number of amides is 2. The Morgan fingerprint density at radius 1 is 1.20 bits per heavy atom. The largest absolute Gasteiger partial charge is 0.494 e. The summed E-state index contributed by atoms with van der Waals surface area (Å²) in [5, 5.41) is 3.23. The summed E-state index contributed by atoms with van der Waals surface area (Å²) in [7, 11) is -0.931. The Morgan fingerprint density at radius 3 is 2.70 bits per heavy atom. The Balaban J connectivity index is 0.00000181. The highest BCUT2D eigenvalue weighted by atomic mass is 31.1. The normalized spacial score (nSPS) is 24.3. The van der Waals surface area contributed by atoms with Crippen molar-refractivity contribution in [2.24, 2.45) is 10.5 Å². The summed E-state index contributed by atoms with van der Waals surface area (Å²) in [5.41, 5.74) is 9.31. The molecular weight excluding hydrogens is 523 g/mol. The van der Waals surface area contributed by atoms with Crippen LogP contribution in [0, 0.1) is 0 Å². The molecule has 6 rings (SSSR count). The van der Waals surface area contributed by atoms with Crippen LogP contribution in [0.25, 0.3) is 6.08 Å². The lowest BCUT2D eigenvalue weighted by molar-refractivity contribution is -0.125. The van der Waals surface area contributed by atoms with Crippen LogP contribution < -0.4 is 20.5 Å². The predicted octanol–water partition coefficient (Wildman–Crippen LogP) is 6.00. The van der Waals surface area contributed by atoms with Gasteiger partial charge in [0.05, 0.1) is 25.4 Å². The van der Waals surface area contributed by atoms with Crippen LogP contribution in [0.4, 0.5) is 0 Å². The van der Waals surface area contributed by atoms with Crippen molar-refractivity contribution in [1.82, 2.24) is 10.2 Å². The van der Waals surface area contributed by atoms with E-state index in [2.05, 4.69) is 30.5 Å². The number of hydrogen-bond donors (Lipinski definition) is 2. The van der Waals surface area contributed by atoms with E-state index in [1.807, 2.05) is 46.8 Å². The number of rotatable bonds is 2. The second-order valence-electron chi connectivity index (χ2n) is 10.7. The predicted molar refractivity (Wildman–Crippen MR) is 162 cm³/mol. The van der Waals surface area contributed by atoms with Crippen LogP contribution in [0.15, 0.2) is 47.2 Å². The number of ether oxygens (including phenoxy) is 2. The Bertz CT molecular complexity index is 1320. The van der Waals surface area contributed by atoms with Crippen LogP contribution in [0.5, 0.6) is 11.5 Å². The van der Waals surface area contributed by atoms with Crippen molar-refractivity contribution in [2.45, 2.75) is 78.2 Å². The van der Waals surface area contributed by atoms with Crippen LogP contribution in [0.1, 0.15) is 87.5 Å². The Kier molecular flexibility index (Phi) is 9.19. The maximum absolute atomic E-state index is 13.5. The first kappa shape index (κ1) is 29.6. The third-order valence-electron chi connectivity index (χ3n) is 7.15. The van der Waals surface area contributed by atoms with Crippen molar-refractivity contribution >= 4 is 31.9 Å². The van der Waals surface area contributed by atoms with E-state index < -0.39 is 13.7 Å². The van der Waals surface area contributed by atoms with Gasteiger partial charge in [0.1, 0.15) is 17.1 Å². The number of hydrogen-bond acceptors (Lipinski definition) is 6. The highest BCUT2D eigenvalue weighted by Crippen LogP contribution is 2.47. The van der Waals surface area contributed by atoms with Gasteiger partial charge in [-0.05, 0) is 63.1 Å². The minimum Gasteiger partial charge on any atom is -0.494 e. The van der Waals surface area contributed by atoms with Crippen molar-refractivity contribution in [2.75, 3.05) is 12.8 Å². The zero-order valence-corrected chi connectivity index (χ0v) is 25.3. The number of nitrogens with one attached hydrogen (secondary N) is 1.